The Morgan fingerprint density at radius 1 is 1.24 bits per heavy atom. The van der Waals surface area contributed by atoms with Gasteiger partial charge in [-0.2, -0.15) is 0 Å². The number of anilines is 1. The standard InChI is InChI=1S/C13H20N2O4S2/c1-2-20(16,17)10-9-15-21(18,19)13-7-3-6-12-11(13)5-4-8-14-12/h3,6-7,14-15H,2,4-5,8-10H2,1H3. The highest BCUT2D eigenvalue weighted by molar-refractivity contribution is 7.91. The molecule has 0 radical (unpaired) electrons. The number of sulfone groups is 1. The van der Waals surface area contributed by atoms with E-state index in [0.29, 0.717) is 6.42 Å². The first kappa shape index (κ1) is 16.3. The molecular formula is C13H20N2O4S2. The second-order valence-electron chi connectivity index (χ2n) is 4.95. The van der Waals surface area contributed by atoms with Gasteiger partial charge in [0.1, 0.15) is 0 Å². The summed E-state index contributed by atoms with van der Waals surface area (Å²) in [6.07, 6.45) is 1.58. The topological polar surface area (TPSA) is 92.3 Å². The summed E-state index contributed by atoms with van der Waals surface area (Å²) in [5.41, 5.74) is 1.61. The van der Waals surface area contributed by atoms with Crippen LogP contribution in [0.5, 0.6) is 0 Å². The monoisotopic (exact) mass is 332 g/mol. The molecular weight excluding hydrogens is 312 g/mol. The van der Waals surface area contributed by atoms with Crippen molar-refractivity contribution in [1.29, 1.82) is 0 Å². The van der Waals surface area contributed by atoms with Crippen molar-refractivity contribution in [3.63, 3.8) is 0 Å². The van der Waals surface area contributed by atoms with E-state index in [2.05, 4.69) is 10.0 Å². The van der Waals surface area contributed by atoms with Gasteiger partial charge in [-0.15, -0.1) is 0 Å². The van der Waals surface area contributed by atoms with Gasteiger partial charge >= 0.3 is 0 Å². The molecule has 0 aliphatic carbocycles. The molecule has 21 heavy (non-hydrogen) atoms. The van der Waals surface area contributed by atoms with Gasteiger partial charge in [-0.05, 0) is 30.5 Å². The number of hydrogen-bond donors (Lipinski definition) is 2. The molecule has 1 aromatic carbocycles. The van der Waals surface area contributed by atoms with Crippen molar-refractivity contribution in [3.8, 4) is 0 Å². The SMILES string of the molecule is CCS(=O)(=O)CCNS(=O)(=O)c1cccc2c1CCCN2. The largest absolute Gasteiger partial charge is 0.385 e. The first-order chi connectivity index (χ1) is 9.86. The molecule has 1 heterocycles. The van der Waals surface area contributed by atoms with Crippen LogP contribution >= 0.6 is 0 Å². The van der Waals surface area contributed by atoms with Gasteiger partial charge < -0.3 is 5.32 Å². The van der Waals surface area contributed by atoms with E-state index in [1.54, 1.807) is 19.1 Å². The lowest BCUT2D eigenvalue weighted by Gasteiger charge is -2.21. The zero-order chi connectivity index (χ0) is 15.5. The summed E-state index contributed by atoms with van der Waals surface area (Å²) in [6, 6.07) is 5.10. The van der Waals surface area contributed by atoms with Crippen molar-refractivity contribution >= 4 is 25.5 Å². The number of hydrogen-bond acceptors (Lipinski definition) is 5. The van der Waals surface area contributed by atoms with E-state index in [1.165, 1.54) is 0 Å². The maximum Gasteiger partial charge on any atom is 0.240 e. The summed E-state index contributed by atoms with van der Waals surface area (Å²) in [7, 11) is -6.87. The number of rotatable bonds is 6. The third-order valence-corrected chi connectivity index (χ3v) is 6.74. The predicted molar refractivity (Wildman–Crippen MR) is 82.8 cm³/mol. The quantitative estimate of drug-likeness (QED) is 0.802. The lowest BCUT2D eigenvalue weighted by molar-refractivity contribution is 0.579. The second-order valence-corrected chi connectivity index (χ2v) is 9.15. The zero-order valence-electron chi connectivity index (χ0n) is 11.9. The van der Waals surface area contributed by atoms with Gasteiger partial charge in [0.15, 0.2) is 9.84 Å². The molecule has 2 N–H and O–H groups in total. The molecule has 1 aliphatic heterocycles. The van der Waals surface area contributed by atoms with Gasteiger partial charge in [0.05, 0.1) is 10.6 Å². The molecule has 0 amide bonds. The molecule has 0 atom stereocenters. The number of benzene rings is 1. The highest BCUT2D eigenvalue weighted by atomic mass is 32.2. The van der Waals surface area contributed by atoms with Crippen molar-refractivity contribution in [1.82, 2.24) is 4.72 Å². The molecule has 1 aliphatic rings. The van der Waals surface area contributed by atoms with Gasteiger partial charge in [0, 0.05) is 24.5 Å². The highest BCUT2D eigenvalue weighted by Crippen LogP contribution is 2.28. The minimum atomic E-state index is -3.69. The lowest BCUT2D eigenvalue weighted by Crippen LogP contribution is -2.31. The van der Waals surface area contributed by atoms with Crippen LogP contribution < -0.4 is 10.0 Å². The summed E-state index contributed by atoms with van der Waals surface area (Å²) >= 11 is 0. The van der Waals surface area contributed by atoms with Crippen molar-refractivity contribution in [2.75, 3.05) is 29.9 Å². The van der Waals surface area contributed by atoms with Crippen molar-refractivity contribution in [3.05, 3.63) is 23.8 Å². The minimum Gasteiger partial charge on any atom is -0.385 e. The Bertz CT molecular complexity index is 712. The van der Waals surface area contributed by atoms with Crippen LogP contribution in [0.3, 0.4) is 0 Å². The molecule has 0 fully saturated rings. The highest BCUT2D eigenvalue weighted by Gasteiger charge is 2.22. The summed E-state index contributed by atoms with van der Waals surface area (Å²) in [6.45, 7) is 2.28. The molecule has 6 nitrogen and oxygen atoms in total. The Hall–Kier alpha value is -1.12. The molecule has 0 saturated heterocycles. The molecule has 8 heteroatoms. The van der Waals surface area contributed by atoms with Crippen molar-refractivity contribution in [2.45, 2.75) is 24.7 Å². The second kappa shape index (κ2) is 6.33. The maximum atomic E-state index is 12.3. The number of fused-ring (bicyclic) bond motifs is 1. The van der Waals surface area contributed by atoms with Crippen LogP contribution in [0.4, 0.5) is 5.69 Å². The fourth-order valence-corrected chi connectivity index (χ4v) is 4.43. The van der Waals surface area contributed by atoms with Gasteiger partial charge in [-0.25, -0.2) is 21.6 Å². The van der Waals surface area contributed by atoms with Gasteiger partial charge in [0.2, 0.25) is 10.0 Å². The summed E-state index contributed by atoms with van der Waals surface area (Å²) < 4.78 is 49.9. The van der Waals surface area contributed by atoms with Crippen LogP contribution in [0.25, 0.3) is 0 Å². The summed E-state index contributed by atoms with van der Waals surface area (Å²) in [5.74, 6) is -0.171. The average Bonchev–Trinajstić information content (AvgIpc) is 2.46. The third-order valence-electron chi connectivity index (χ3n) is 3.49. The fourth-order valence-electron chi connectivity index (χ4n) is 2.28. The van der Waals surface area contributed by atoms with E-state index < -0.39 is 19.9 Å². The molecule has 0 saturated carbocycles. The molecule has 0 aromatic heterocycles. The Morgan fingerprint density at radius 3 is 2.71 bits per heavy atom. The van der Waals surface area contributed by atoms with Gasteiger partial charge in [-0.3, -0.25) is 0 Å². The van der Waals surface area contributed by atoms with Crippen LogP contribution in [-0.2, 0) is 26.3 Å². The normalized spacial score (nSPS) is 15.3. The van der Waals surface area contributed by atoms with E-state index in [4.69, 9.17) is 0 Å². The smallest absolute Gasteiger partial charge is 0.240 e. The Kier molecular flexibility index (Phi) is 4.90. The first-order valence-electron chi connectivity index (χ1n) is 6.91. The van der Waals surface area contributed by atoms with Crippen LogP contribution in [0, 0.1) is 0 Å². The van der Waals surface area contributed by atoms with E-state index >= 15 is 0 Å². The summed E-state index contributed by atoms with van der Waals surface area (Å²) in [5, 5.41) is 3.18. The number of sulfonamides is 1. The fraction of sp³-hybridized carbons (Fsp3) is 0.538. The Morgan fingerprint density at radius 2 is 2.00 bits per heavy atom. The van der Waals surface area contributed by atoms with Crippen LogP contribution in [0.15, 0.2) is 23.1 Å². The average molecular weight is 332 g/mol. The van der Waals surface area contributed by atoms with E-state index in [9.17, 15) is 16.8 Å². The maximum absolute atomic E-state index is 12.3. The van der Waals surface area contributed by atoms with E-state index in [1.807, 2.05) is 6.07 Å². The van der Waals surface area contributed by atoms with Gasteiger partial charge in [0.25, 0.3) is 0 Å². The molecule has 0 unspecified atom stereocenters. The van der Waals surface area contributed by atoms with Crippen LogP contribution in [-0.4, -0.2) is 41.4 Å². The number of nitrogens with one attached hydrogen (secondary N) is 2. The predicted octanol–water partition coefficient (Wildman–Crippen LogP) is 0.758. The van der Waals surface area contributed by atoms with Gasteiger partial charge in [-0.1, -0.05) is 13.0 Å². The third kappa shape index (κ3) is 3.96. The summed E-state index contributed by atoms with van der Waals surface area (Å²) in [4.78, 5) is 0.237. The molecule has 1 aromatic rings. The zero-order valence-corrected chi connectivity index (χ0v) is 13.6. The first-order valence-corrected chi connectivity index (χ1v) is 10.2. The lowest BCUT2D eigenvalue weighted by atomic mass is 10.0. The van der Waals surface area contributed by atoms with Crippen molar-refractivity contribution < 1.29 is 16.8 Å². The Balaban J connectivity index is 2.17. The van der Waals surface area contributed by atoms with Crippen LogP contribution in [0.2, 0.25) is 0 Å². The van der Waals surface area contributed by atoms with E-state index in [-0.39, 0.29) is 22.9 Å². The molecule has 0 bridgehead atoms. The van der Waals surface area contributed by atoms with Crippen LogP contribution in [0.1, 0.15) is 18.9 Å². The molecule has 118 valence electrons. The Labute approximate surface area is 125 Å². The van der Waals surface area contributed by atoms with Crippen molar-refractivity contribution in [2.24, 2.45) is 0 Å². The van der Waals surface area contributed by atoms with E-state index in [0.717, 1.165) is 24.2 Å². The molecule has 2 rings (SSSR count). The minimum absolute atomic E-state index is 0.0133. The molecule has 0 spiro atoms.